The topological polar surface area (TPSA) is 89.1 Å². The maximum absolute atomic E-state index is 14.7. The molecule has 0 bridgehead atoms. The number of oxazole rings is 1. The Morgan fingerprint density at radius 1 is 1.24 bits per heavy atom. The molecular formula is C23H21ClF2N6O2. The summed E-state index contributed by atoms with van der Waals surface area (Å²) in [5, 5.41) is 11.6. The first-order chi connectivity index (χ1) is 16.4. The summed E-state index contributed by atoms with van der Waals surface area (Å²) in [7, 11) is 0. The van der Waals surface area contributed by atoms with Crippen LogP contribution in [-0.2, 0) is 0 Å². The van der Waals surface area contributed by atoms with Gasteiger partial charge >= 0.3 is 0 Å². The molecule has 176 valence electrons. The molecule has 0 unspecified atom stereocenters. The molecule has 3 heterocycles. The van der Waals surface area contributed by atoms with E-state index in [1.165, 1.54) is 12.4 Å². The van der Waals surface area contributed by atoms with E-state index >= 15 is 0 Å². The van der Waals surface area contributed by atoms with Gasteiger partial charge in [0.15, 0.2) is 11.4 Å². The molecular weight excluding hydrogens is 466 g/mol. The Kier molecular flexibility index (Phi) is 5.91. The third-order valence-electron chi connectivity index (χ3n) is 6.07. The van der Waals surface area contributed by atoms with Crippen LogP contribution in [0.15, 0.2) is 47.1 Å². The van der Waals surface area contributed by atoms with Crippen molar-refractivity contribution in [3.63, 3.8) is 0 Å². The molecule has 1 aliphatic heterocycles. The molecule has 1 amide bonds. The molecule has 1 N–H and O–H groups in total. The molecule has 0 aliphatic carbocycles. The Balaban J connectivity index is 1.43. The number of carbonyl (C=O) groups excluding carboxylic acids is 1. The van der Waals surface area contributed by atoms with Crippen molar-refractivity contribution in [1.29, 1.82) is 0 Å². The largest absolute Gasteiger partial charge is 0.424 e. The van der Waals surface area contributed by atoms with E-state index in [9.17, 15) is 13.6 Å². The fourth-order valence-corrected chi connectivity index (χ4v) is 4.56. The van der Waals surface area contributed by atoms with E-state index in [4.69, 9.17) is 16.0 Å². The highest BCUT2D eigenvalue weighted by atomic mass is 35.5. The third kappa shape index (κ3) is 4.21. The van der Waals surface area contributed by atoms with Gasteiger partial charge in [0.25, 0.3) is 11.9 Å². The predicted octanol–water partition coefficient (Wildman–Crippen LogP) is 4.69. The molecule has 2 aromatic carbocycles. The zero-order valence-electron chi connectivity index (χ0n) is 18.2. The second-order valence-corrected chi connectivity index (χ2v) is 8.74. The SMILES string of the molecule is C[C@@H]1CCCN(C(=O)c2cc(F)cc(F)c2-n2nccn2)[C@@H]1CNc1nc2ccc(Cl)cc2o1. The molecule has 4 aromatic rings. The molecule has 8 nitrogen and oxygen atoms in total. The fourth-order valence-electron chi connectivity index (χ4n) is 4.40. The summed E-state index contributed by atoms with van der Waals surface area (Å²) in [6, 6.07) is 6.95. The third-order valence-corrected chi connectivity index (χ3v) is 6.30. The molecule has 1 fully saturated rings. The number of amides is 1. The lowest BCUT2D eigenvalue weighted by Gasteiger charge is -2.40. The number of halogens is 3. The number of nitrogens with zero attached hydrogens (tertiary/aromatic N) is 5. The van der Waals surface area contributed by atoms with Crippen molar-refractivity contribution in [3.05, 3.63) is 64.9 Å². The average Bonchev–Trinajstić information content (AvgIpc) is 3.46. The van der Waals surface area contributed by atoms with Crippen molar-refractivity contribution in [2.45, 2.75) is 25.8 Å². The number of hydrogen-bond acceptors (Lipinski definition) is 6. The quantitative estimate of drug-likeness (QED) is 0.440. The first-order valence-corrected chi connectivity index (χ1v) is 11.2. The van der Waals surface area contributed by atoms with Gasteiger partial charge in [0.05, 0.1) is 24.0 Å². The standard InChI is InChI=1S/C23H21ClF2N6O2/c1-13-3-2-8-31(19(13)12-27-23-30-18-5-4-14(24)9-20(18)34-23)22(33)16-10-15(25)11-17(26)21(16)32-28-6-7-29-32/h4-7,9-11,13,19H,2-3,8,12H2,1H3,(H,27,30)/t13-,19-/m1/s1. The zero-order valence-corrected chi connectivity index (χ0v) is 19.0. The average molecular weight is 487 g/mol. The van der Waals surface area contributed by atoms with Crippen LogP contribution in [-0.4, -0.2) is 49.9 Å². The van der Waals surface area contributed by atoms with Crippen molar-refractivity contribution in [3.8, 4) is 5.69 Å². The van der Waals surface area contributed by atoms with E-state index < -0.39 is 17.5 Å². The van der Waals surface area contributed by atoms with Gasteiger partial charge in [-0.3, -0.25) is 4.79 Å². The van der Waals surface area contributed by atoms with Crippen molar-refractivity contribution < 1.29 is 18.0 Å². The number of aromatic nitrogens is 4. The van der Waals surface area contributed by atoms with Gasteiger partial charge in [-0.25, -0.2) is 8.78 Å². The molecule has 1 aliphatic rings. The number of nitrogens with one attached hydrogen (secondary N) is 1. The summed E-state index contributed by atoms with van der Waals surface area (Å²) in [5.74, 6) is -2.12. The van der Waals surface area contributed by atoms with Crippen LogP contribution < -0.4 is 5.32 Å². The van der Waals surface area contributed by atoms with Gasteiger partial charge in [0.2, 0.25) is 0 Å². The summed E-state index contributed by atoms with van der Waals surface area (Å²) in [6.07, 6.45) is 4.41. The maximum atomic E-state index is 14.7. The highest BCUT2D eigenvalue weighted by Crippen LogP contribution is 2.29. The van der Waals surface area contributed by atoms with Crippen molar-refractivity contribution in [2.75, 3.05) is 18.4 Å². The van der Waals surface area contributed by atoms with Crippen LogP contribution in [0.5, 0.6) is 0 Å². The summed E-state index contributed by atoms with van der Waals surface area (Å²) >= 11 is 6.01. The van der Waals surface area contributed by atoms with Crippen LogP contribution in [0.1, 0.15) is 30.1 Å². The minimum absolute atomic E-state index is 0.133. The van der Waals surface area contributed by atoms with E-state index in [2.05, 4.69) is 20.5 Å². The number of piperidine rings is 1. The Hall–Kier alpha value is -3.53. The number of carbonyl (C=O) groups is 1. The predicted molar refractivity (Wildman–Crippen MR) is 122 cm³/mol. The molecule has 0 saturated carbocycles. The molecule has 34 heavy (non-hydrogen) atoms. The van der Waals surface area contributed by atoms with Crippen molar-refractivity contribution in [2.24, 2.45) is 5.92 Å². The van der Waals surface area contributed by atoms with Gasteiger partial charge in [-0.1, -0.05) is 18.5 Å². The van der Waals surface area contributed by atoms with E-state index in [0.717, 1.165) is 23.7 Å². The Morgan fingerprint density at radius 2 is 2.03 bits per heavy atom. The lowest BCUT2D eigenvalue weighted by molar-refractivity contribution is 0.0538. The summed E-state index contributed by atoms with van der Waals surface area (Å²) in [6.45, 7) is 2.84. The Labute approximate surface area is 198 Å². The first kappa shape index (κ1) is 22.3. The highest BCUT2D eigenvalue weighted by Gasteiger charge is 2.34. The first-order valence-electron chi connectivity index (χ1n) is 10.9. The van der Waals surface area contributed by atoms with Crippen LogP contribution in [0.3, 0.4) is 0 Å². The van der Waals surface area contributed by atoms with Crippen LogP contribution in [0.4, 0.5) is 14.8 Å². The number of likely N-dealkylation sites (tertiary alicyclic amines) is 1. The monoisotopic (exact) mass is 486 g/mol. The van der Waals surface area contributed by atoms with Gasteiger partial charge in [0, 0.05) is 30.2 Å². The number of benzene rings is 2. The number of anilines is 1. The Morgan fingerprint density at radius 3 is 2.82 bits per heavy atom. The second-order valence-electron chi connectivity index (χ2n) is 8.30. The second kappa shape index (κ2) is 9.02. The van der Waals surface area contributed by atoms with Gasteiger partial charge in [-0.2, -0.15) is 15.2 Å². The van der Waals surface area contributed by atoms with Gasteiger partial charge in [0.1, 0.15) is 17.0 Å². The summed E-state index contributed by atoms with van der Waals surface area (Å²) < 4.78 is 34.6. The smallest absolute Gasteiger partial charge is 0.295 e. The molecule has 11 heteroatoms. The summed E-state index contributed by atoms with van der Waals surface area (Å²) in [4.78, 5) is 20.6. The molecule has 0 radical (unpaired) electrons. The van der Waals surface area contributed by atoms with Gasteiger partial charge in [-0.05, 0) is 37.0 Å². The number of rotatable bonds is 5. The summed E-state index contributed by atoms with van der Waals surface area (Å²) in [5.41, 5.74) is 0.885. The van der Waals surface area contributed by atoms with Crippen LogP contribution in [0, 0.1) is 17.6 Å². The highest BCUT2D eigenvalue weighted by molar-refractivity contribution is 6.31. The van der Waals surface area contributed by atoms with E-state index in [1.807, 2.05) is 6.92 Å². The maximum Gasteiger partial charge on any atom is 0.295 e. The van der Waals surface area contributed by atoms with E-state index in [-0.39, 0.29) is 23.2 Å². The molecule has 5 rings (SSSR count). The zero-order chi connectivity index (χ0) is 23.8. The van der Waals surface area contributed by atoms with Gasteiger partial charge < -0.3 is 14.6 Å². The van der Waals surface area contributed by atoms with Crippen LogP contribution in [0.25, 0.3) is 16.8 Å². The lowest BCUT2D eigenvalue weighted by atomic mass is 9.90. The van der Waals surface area contributed by atoms with Crippen molar-refractivity contribution >= 4 is 34.6 Å². The van der Waals surface area contributed by atoms with Crippen LogP contribution >= 0.6 is 11.6 Å². The number of fused-ring (bicyclic) bond motifs is 1. The van der Waals surface area contributed by atoms with Gasteiger partial charge in [-0.15, -0.1) is 4.80 Å². The lowest BCUT2D eigenvalue weighted by Crippen LogP contribution is -2.51. The molecule has 2 atom stereocenters. The Bertz CT molecular complexity index is 1340. The minimum Gasteiger partial charge on any atom is -0.424 e. The van der Waals surface area contributed by atoms with Crippen LogP contribution in [0.2, 0.25) is 5.02 Å². The van der Waals surface area contributed by atoms with E-state index in [1.54, 1.807) is 23.1 Å². The normalized spacial score (nSPS) is 18.4. The molecule has 1 saturated heterocycles. The van der Waals surface area contributed by atoms with E-state index in [0.29, 0.717) is 41.3 Å². The molecule has 2 aromatic heterocycles. The molecule has 0 spiro atoms. The fraction of sp³-hybridized carbons (Fsp3) is 0.304. The number of hydrogen-bond donors (Lipinski definition) is 1. The minimum atomic E-state index is -0.913. The van der Waals surface area contributed by atoms with Crippen molar-refractivity contribution in [1.82, 2.24) is 24.9 Å².